The Bertz CT molecular complexity index is 942. The first-order valence-corrected chi connectivity index (χ1v) is 10.1. The Morgan fingerprint density at radius 2 is 2.00 bits per heavy atom. The first-order chi connectivity index (χ1) is 12.8. The molecule has 0 aliphatic carbocycles. The van der Waals surface area contributed by atoms with E-state index in [9.17, 15) is 17.6 Å². The van der Waals surface area contributed by atoms with Gasteiger partial charge in [-0.05, 0) is 25.1 Å². The van der Waals surface area contributed by atoms with Crippen molar-refractivity contribution < 1.29 is 22.1 Å². The normalized spacial score (nSPS) is 15.9. The Morgan fingerprint density at radius 3 is 2.59 bits per heavy atom. The summed E-state index contributed by atoms with van der Waals surface area (Å²) in [6.45, 7) is 2.56. The highest BCUT2D eigenvalue weighted by atomic mass is 35.5. The number of hydrogen-bond acceptors (Lipinski definition) is 6. The summed E-state index contributed by atoms with van der Waals surface area (Å²) in [7, 11) is -3.79. The van der Waals surface area contributed by atoms with Crippen LogP contribution in [-0.2, 0) is 21.2 Å². The van der Waals surface area contributed by atoms with Crippen LogP contribution in [-0.4, -0.2) is 59.8 Å². The number of sulfonamides is 1. The fraction of sp³-hybridized carbons (Fsp3) is 0.438. The number of amides is 1. The summed E-state index contributed by atoms with van der Waals surface area (Å²) in [5.74, 6) is 0.127. The molecule has 1 aromatic carbocycles. The zero-order valence-corrected chi connectivity index (χ0v) is 16.1. The summed E-state index contributed by atoms with van der Waals surface area (Å²) < 4.78 is 44.8. The molecule has 0 bridgehead atoms. The summed E-state index contributed by atoms with van der Waals surface area (Å²) in [4.78, 5) is 17.9. The molecule has 8 nitrogen and oxygen atoms in total. The number of rotatable bonds is 5. The van der Waals surface area contributed by atoms with Crippen molar-refractivity contribution in [1.82, 2.24) is 19.3 Å². The molecule has 1 aliphatic rings. The molecule has 2 heterocycles. The van der Waals surface area contributed by atoms with E-state index in [1.54, 1.807) is 11.8 Å². The molecule has 1 aromatic heterocycles. The number of halogens is 2. The zero-order valence-electron chi connectivity index (χ0n) is 14.6. The van der Waals surface area contributed by atoms with E-state index in [-0.39, 0.29) is 48.4 Å². The Hall–Kier alpha value is -2.04. The van der Waals surface area contributed by atoms with Crippen LogP contribution in [0.3, 0.4) is 0 Å². The molecule has 1 aliphatic heterocycles. The van der Waals surface area contributed by atoms with Gasteiger partial charge in [0.2, 0.25) is 21.8 Å². The molecule has 1 fully saturated rings. The molecule has 27 heavy (non-hydrogen) atoms. The smallest absolute Gasteiger partial charge is 0.243 e. The van der Waals surface area contributed by atoms with E-state index in [0.717, 1.165) is 12.1 Å². The Labute approximate surface area is 160 Å². The van der Waals surface area contributed by atoms with Crippen molar-refractivity contribution in [3.05, 3.63) is 40.8 Å². The minimum absolute atomic E-state index is 0.0690. The first kappa shape index (κ1) is 19.7. The van der Waals surface area contributed by atoms with Crippen LogP contribution >= 0.6 is 11.6 Å². The van der Waals surface area contributed by atoms with Crippen molar-refractivity contribution >= 4 is 27.5 Å². The molecule has 1 saturated heterocycles. The van der Waals surface area contributed by atoms with Gasteiger partial charge in [-0.2, -0.15) is 9.29 Å². The maximum atomic E-state index is 13.3. The van der Waals surface area contributed by atoms with Gasteiger partial charge >= 0.3 is 0 Å². The molecule has 2 aromatic rings. The summed E-state index contributed by atoms with van der Waals surface area (Å²) >= 11 is 5.68. The molecular weight excluding hydrogens is 399 g/mol. The minimum atomic E-state index is -3.79. The van der Waals surface area contributed by atoms with Crippen molar-refractivity contribution in [2.24, 2.45) is 0 Å². The standard InChI is InChI=1S/C16H18ClFN4O4S/c1-11-19-15(26-20-11)4-5-16(23)21-6-8-22(9-7-21)27(24,25)12-2-3-14(18)13(17)10-12/h2-3,10H,4-9H2,1H3. The number of hydrogen-bond donors (Lipinski definition) is 0. The van der Waals surface area contributed by atoms with Gasteiger partial charge < -0.3 is 9.42 Å². The van der Waals surface area contributed by atoms with E-state index >= 15 is 0 Å². The lowest BCUT2D eigenvalue weighted by molar-refractivity contribution is -0.132. The third-order valence-corrected chi connectivity index (χ3v) is 6.43. The van der Waals surface area contributed by atoms with Gasteiger partial charge in [0.25, 0.3) is 0 Å². The highest BCUT2D eigenvalue weighted by molar-refractivity contribution is 7.89. The van der Waals surface area contributed by atoms with E-state index in [2.05, 4.69) is 10.1 Å². The van der Waals surface area contributed by atoms with Crippen LogP contribution in [0.2, 0.25) is 5.02 Å². The minimum Gasteiger partial charge on any atom is -0.340 e. The molecule has 0 spiro atoms. The summed E-state index contributed by atoms with van der Waals surface area (Å²) in [6, 6.07) is 3.30. The van der Waals surface area contributed by atoms with Gasteiger partial charge in [-0.15, -0.1) is 0 Å². The molecule has 3 rings (SSSR count). The number of carbonyl (C=O) groups excluding carboxylic acids is 1. The van der Waals surface area contributed by atoms with Crippen LogP contribution in [0.25, 0.3) is 0 Å². The zero-order chi connectivity index (χ0) is 19.6. The number of nitrogens with zero attached hydrogens (tertiary/aromatic N) is 4. The van der Waals surface area contributed by atoms with Gasteiger partial charge in [0.1, 0.15) is 5.82 Å². The molecule has 0 atom stereocenters. The van der Waals surface area contributed by atoms with E-state index in [1.807, 2.05) is 0 Å². The van der Waals surface area contributed by atoms with E-state index in [1.165, 1.54) is 10.4 Å². The number of benzene rings is 1. The van der Waals surface area contributed by atoms with Crippen LogP contribution < -0.4 is 0 Å². The molecule has 0 saturated carbocycles. The quantitative estimate of drug-likeness (QED) is 0.735. The molecule has 0 radical (unpaired) electrons. The fourth-order valence-electron chi connectivity index (χ4n) is 2.78. The molecule has 1 amide bonds. The second-order valence-corrected chi connectivity index (χ2v) is 8.44. The topological polar surface area (TPSA) is 96.6 Å². The first-order valence-electron chi connectivity index (χ1n) is 8.29. The number of carbonyl (C=O) groups is 1. The highest BCUT2D eigenvalue weighted by Crippen LogP contribution is 2.23. The number of aryl methyl sites for hydroxylation is 2. The van der Waals surface area contributed by atoms with Crippen molar-refractivity contribution in [1.29, 1.82) is 0 Å². The molecule has 146 valence electrons. The van der Waals surface area contributed by atoms with Crippen LogP contribution in [0.1, 0.15) is 18.1 Å². The Balaban J connectivity index is 1.57. The average Bonchev–Trinajstić information content (AvgIpc) is 3.07. The third-order valence-electron chi connectivity index (χ3n) is 4.24. The van der Waals surface area contributed by atoms with E-state index in [4.69, 9.17) is 16.1 Å². The fourth-order valence-corrected chi connectivity index (χ4v) is 4.47. The maximum absolute atomic E-state index is 13.3. The van der Waals surface area contributed by atoms with Crippen molar-refractivity contribution in [2.45, 2.75) is 24.7 Å². The molecular formula is C16H18ClFN4O4S. The SMILES string of the molecule is Cc1noc(CCC(=O)N2CCN(S(=O)(=O)c3ccc(F)c(Cl)c3)CC2)n1. The lowest BCUT2D eigenvalue weighted by atomic mass is 10.2. The Kier molecular flexibility index (Phi) is 5.78. The second-order valence-electron chi connectivity index (χ2n) is 6.10. The van der Waals surface area contributed by atoms with Crippen LogP contribution in [0.15, 0.2) is 27.6 Å². The maximum Gasteiger partial charge on any atom is 0.243 e. The van der Waals surface area contributed by atoms with Crippen LogP contribution in [0.5, 0.6) is 0 Å². The van der Waals surface area contributed by atoms with Gasteiger partial charge in [0.05, 0.1) is 9.92 Å². The van der Waals surface area contributed by atoms with Gasteiger partial charge in [-0.1, -0.05) is 16.8 Å². The van der Waals surface area contributed by atoms with E-state index in [0.29, 0.717) is 18.1 Å². The van der Waals surface area contributed by atoms with Gasteiger partial charge in [-0.3, -0.25) is 4.79 Å². The van der Waals surface area contributed by atoms with E-state index < -0.39 is 15.8 Å². The number of aromatic nitrogens is 2. The van der Waals surface area contributed by atoms with Crippen LogP contribution in [0.4, 0.5) is 4.39 Å². The van der Waals surface area contributed by atoms with Gasteiger partial charge in [0.15, 0.2) is 5.82 Å². The predicted octanol–water partition coefficient (Wildman–Crippen LogP) is 1.64. The summed E-state index contributed by atoms with van der Waals surface area (Å²) in [5, 5.41) is 3.42. The van der Waals surface area contributed by atoms with Gasteiger partial charge in [0, 0.05) is 39.0 Å². The Morgan fingerprint density at radius 1 is 1.30 bits per heavy atom. The van der Waals surface area contributed by atoms with Crippen molar-refractivity contribution in [3.63, 3.8) is 0 Å². The molecule has 0 N–H and O–H groups in total. The highest BCUT2D eigenvalue weighted by Gasteiger charge is 2.30. The van der Waals surface area contributed by atoms with Gasteiger partial charge in [-0.25, -0.2) is 12.8 Å². The molecule has 11 heteroatoms. The van der Waals surface area contributed by atoms with Crippen molar-refractivity contribution in [2.75, 3.05) is 26.2 Å². The summed E-state index contributed by atoms with van der Waals surface area (Å²) in [5.41, 5.74) is 0. The summed E-state index contributed by atoms with van der Waals surface area (Å²) in [6.07, 6.45) is 0.550. The monoisotopic (exact) mass is 416 g/mol. The second kappa shape index (κ2) is 7.91. The largest absolute Gasteiger partial charge is 0.340 e. The number of piperazine rings is 1. The molecule has 0 unspecified atom stereocenters. The lowest BCUT2D eigenvalue weighted by Gasteiger charge is -2.34. The van der Waals surface area contributed by atoms with Crippen molar-refractivity contribution in [3.8, 4) is 0 Å². The van der Waals surface area contributed by atoms with Crippen LogP contribution in [0, 0.1) is 12.7 Å². The third kappa shape index (κ3) is 4.45. The average molecular weight is 417 g/mol. The predicted molar refractivity (Wildman–Crippen MR) is 94.1 cm³/mol. The lowest BCUT2D eigenvalue weighted by Crippen LogP contribution is -2.50.